The van der Waals surface area contributed by atoms with Crippen LogP contribution in [0.5, 0.6) is 0 Å². The highest BCUT2D eigenvalue weighted by Gasteiger charge is 2.16. The molecule has 0 bridgehead atoms. The minimum absolute atomic E-state index is 0.938. The smallest absolute Gasteiger partial charge is 0.134 e. The summed E-state index contributed by atoms with van der Waals surface area (Å²) >= 11 is 1.72. The molecule has 1 aliphatic rings. The Morgan fingerprint density at radius 2 is 1.38 bits per heavy atom. The summed E-state index contributed by atoms with van der Waals surface area (Å²) in [5.74, 6) is 0. The van der Waals surface area contributed by atoms with Gasteiger partial charge in [0, 0.05) is 24.2 Å². The maximum absolute atomic E-state index is 4.57. The van der Waals surface area contributed by atoms with Gasteiger partial charge in [0.15, 0.2) is 0 Å². The van der Waals surface area contributed by atoms with Crippen molar-refractivity contribution >= 4 is 11.9 Å². The van der Waals surface area contributed by atoms with E-state index in [2.05, 4.69) is 57.0 Å². The summed E-state index contributed by atoms with van der Waals surface area (Å²) < 4.78 is 2.38. The Morgan fingerprint density at radius 3 is 2.04 bits per heavy atom. The highest BCUT2D eigenvalue weighted by atomic mass is 32.2. The summed E-state index contributed by atoms with van der Waals surface area (Å²) in [4.78, 5) is 0. The van der Waals surface area contributed by atoms with Crippen molar-refractivity contribution in [3.05, 3.63) is 66.7 Å². The molecular weight excluding hydrogens is 314 g/mol. The van der Waals surface area contributed by atoms with Crippen LogP contribution in [0.1, 0.15) is 12.8 Å². The lowest BCUT2D eigenvalue weighted by Crippen LogP contribution is -2.09. The van der Waals surface area contributed by atoms with E-state index in [1.54, 1.807) is 11.9 Å². The van der Waals surface area contributed by atoms with E-state index in [0.717, 1.165) is 34.9 Å². The quantitative estimate of drug-likeness (QED) is 0.634. The van der Waals surface area contributed by atoms with E-state index in [9.17, 15) is 0 Å². The molecule has 1 aromatic heterocycles. The normalized spacial score (nSPS) is 14.8. The standard InChI is InChI=1S/C20H19N3S/c1-3-9-16(10-4-1)18-15-19(24-23-13-7-8-14-23)21-22-20(18)17-11-5-2-6-12-17/h1-6,9-12,15H,7-8,13-14H2. The predicted octanol–water partition coefficient (Wildman–Crippen LogP) is 4.91. The van der Waals surface area contributed by atoms with Crippen LogP contribution in [-0.2, 0) is 0 Å². The van der Waals surface area contributed by atoms with Gasteiger partial charge >= 0.3 is 0 Å². The first-order chi connectivity index (χ1) is 11.9. The summed E-state index contributed by atoms with van der Waals surface area (Å²) in [7, 11) is 0. The average Bonchev–Trinajstić information content (AvgIpc) is 3.16. The molecule has 2 heterocycles. The van der Waals surface area contributed by atoms with Gasteiger partial charge in [0.05, 0.1) is 0 Å². The molecule has 0 atom stereocenters. The molecule has 0 aliphatic carbocycles. The predicted molar refractivity (Wildman–Crippen MR) is 99.6 cm³/mol. The van der Waals surface area contributed by atoms with Gasteiger partial charge < -0.3 is 0 Å². The first-order valence-corrected chi connectivity index (χ1v) is 9.09. The van der Waals surface area contributed by atoms with Crippen molar-refractivity contribution in [3.63, 3.8) is 0 Å². The molecule has 1 saturated heterocycles. The second-order valence-electron chi connectivity index (χ2n) is 5.90. The SMILES string of the molecule is c1ccc(-c2cc(SN3CCCC3)nnc2-c2ccccc2)cc1. The molecule has 0 unspecified atom stereocenters. The highest BCUT2D eigenvalue weighted by molar-refractivity contribution is 7.97. The Morgan fingerprint density at radius 1 is 0.750 bits per heavy atom. The first kappa shape index (κ1) is 15.4. The van der Waals surface area contributed by atoms with Gasteiger partial charge in [0.2, 0.25) is 0 Å². The monoisotopic (exact) mass is 333 g/mol. The van der Waals surface area contributed by atoms with Crippen LogP contribution in [0.15, 0.2) is 71.8 Å². The topological polar surface area (TPSA) is 29.0 Å². The van der Waals surface area contributed by atoms with Crippen LogP contribution >= 0.6 is 11.9 Å². The van der Waals surface area contributed by atoms with Crippen molar-refractivity contribution in [1.82, 2.24) is 14.5 Å². The van der Waals surface area contributed by atoms with Crippen molar-refractivity contribution in [1.29, 1.82) is 0 Å². The zero-order valence-corrected chi connectivity index (χ0v) is 14.2. The second-order valence-corrected chi connectivity index (χ2v) is 7.02. The van der Waals surface area contributed by atoms with Crippen molar-refractivity contribution < 1.29 is 0 Å². The van der Waals surface area contributed by atoms with E-state index in [4.69, 9.17) is 0 Å². The number of hydrogen-bond acceptors (Lipinski definition) is 4. The molecule has 1 fully saturated rings. The molecule has 0 saturated carbocycles. The Balaban J connectivity index is 1.76. The van der Waals surface area contributed by atoms with Crippen LogP contribution in [0.3, 0.4) is 0 Å². The maximum Gasteiger partial charge on any atom is 0.134 e. The third kappa shape index (κ3) is 3.35. The largest absolute Gasteiger partial charge is 0.245 e. The lowest BCUT2D eigenvalue weighted by atomic mass is 10.0. The first-order valence-electron chi connectivity index (χ1n) is 8.32. The summed E-state index contributed by atoms with van der Waals surface area (Å²) in [6.07, 6.45) is 2.54. The Bertz CT molecular complexity index is 800. The fourth-order valence-electron chi connectivity index (χ4n) is 2.98. The molecule has 3 aromatic rings. The van der Waals surface area contributed by atoms with Gasteiger partial charge in [-0.25, -0.2) is 4.31 Å². The third-order valence-electron chi connectivity index (χ3n) is 4.19. The lowest BCUT2D eigenvalue weighted by molar-refractivity contribution is 0.584. The van der Waals surface area contributed by atoms with Crippen molar-refractivity contribution in [2.45, 2.75) is 17.9 Å². The van der Waals surface area contributed by atoms with Crippen LogP contribution in [-0.4, -0.2) is 27.6 Å². The number of aromatic nitrogens is 2. The van der Waals surface area contributed by atoms with Crippen LogP contribution < -0.4 is 0 Å². The van der Waals surface area contributed by atoms with Gasteiger partial charge in [-0.2, -0.15) is 0 Å². The van der Waals surface area contributed by atoms with Gasteiger partial charge in [-0.15, -0.1) is 10.2 Å². The molecule has 0 spiro atoms. The molecule has 0 amide bonds. The van der Waals surface area contributed by atoms with E-state index >= 15 is 0 Å². The number of benzene rings is 2. The van der Waals surface area contributed by atoms with Crippen molar-refractivity contribution in [3.8, 4) is 22.4 Å². The molecular formula is C20H19N3S. The van der Waals surface area contributed by atoms with E-state index < -0.39 is 0 Å². The molecule has 24 heavy (non-hydrogen) atoms. The van der Waals surface area contributed by atoms with Gasteiger partial charge in [-0.05, 0) is 36.4 Å². The van der Waals surface area contributed by atoms with E-state index in [0.29, 0.717) is 0 Å². The summed E-state index contributed by atoms with van der Waals surface area (Å²) in [5, 5.41) is 10.0. The van der Waals surface area contributed by atoms with Crippen molar-refractivity contribution in [2.75, 3.05) is 13.1 Å². The van der Waals surface area contributed by atoms with Crippen LogP contribution in [0.2, 0.25) is 0 Å². The van der Waals surface area contributed by atoms with Crippen molar-refractivity contribution in [2.24, 2.45) is 0 Å². The van der Waals surface area contributed by atoms with Crippen LogP contribution in [0, 0.1) is 0 Å². The van der Waals surface area contributed by atoms with E-state index in [-0.39, 0.29) is 0 Å². The molecule has 2 aromatic carbocycles. The highest BCUT2D eigenvalue weighted by Crippen LogP contribution is 2.33. The molecule has 3 nitrogen and oxygen atoms in total. The molecule has 4 heteroatoms. The molecule has 1 aliphatic heterocycles. The summed E-state index contributed by atoms with van der Waals surface area (Å²) in [5.41, 5.74) is 4.35. The Kier molecular flexibility index (Phi) is 4.58. The van der Waals surface area contributed by atoms with E-state index in [1.165, 1.54) is 18.4 Å². The fourth-order valence-corrected chi connectivity index (χ4v) is 3.93. The van der Waals surface area contributed by atoms with Crippen LogP contribution in [0.4, 0.5) is 0 Å². The van der Waals surface area contributed by atoms with Gasteiger partial charge in [-0.3, -0.25) is 0 Å². The molecule has 120 valence electrons. The van der Waals surface area contributed by atoms with Gasteiger partial charge in [0.1, 0.15) is 10.7 Å². The fraction of sp³-hybridized carbons (Fsp3) is 0.200. The Hall–Kier alpha value is -2.17. The minimum Gasteiger partial charge on any atom is -0.245 e. The molecule has 0 N–H and O–H groups in total. The zero-order valence-electron chi connectivity index (χ0n) is 13.4. The maximum atomic E-state index is 4.57. The summed E-state index contributed by atoms with van der Waals surface area (Å²) in [6, 6.07) is 22.9. The number of nitrogens with zero attached hydrogens (tertiary/aromatic N) is 3. The van der Waals surface area contributed by atoms with Gasteiger partial charge in [-0.1, -0.05) is 60.7 Å². The summed E-state index contributed by atoms with van der Waals surface area (Å²) in [6.45, 7) is 2.26. The van der Waals surface area contributed by atoms with Gasteiger partial charge in [0.25, 0.3) is 0 Å². The zero-order chi connectivity index (χ0) is 16.2. The molecule has 0 radical (unpaired) electrons. The van der Waals surface area contributed by atoms with Crippen LogP contribution in [0.25, 0.3) is 22.4 Å². The third-order valence-corrected chi connectivity index (χ3v) is 5.20. The second kappa shape index (κ2) is 7.16. The van der Waals surface area contributed by atoms with E-state index in [1.807, 2.05) is 24.3 Å². The Labute approximate surface area is 146 Å². The molecule has 4 rings (SSSR count). The number of hydrogen-bond donors (Lipinski definition) is 0. The lowest BCUT2D eigenvalue weighted by Gasteiger charge is -2.14. The average molecular weight is 333 g/mol. The minimum atomic E-state index is 0.938. The number of rotatable bonds is 4.